The second-order valence-corrected chi connectivity index (χ2v) is 6.97. The van der Waals surface area contributed by atoms with Crippen molar-refractivity contribution in [1.82, 2.24) is 0 Å². The molecule has 1 heterocycles. The van der Waals surface area contributed by atoms with Gasteiger partial charge in [0.25, 0.3) is 5.91 Å². The van der Waals surface area contributed by atoms with Gasteiger partial charge in [-0.3, -0.25) is 14.5 Å². The van der Waals surface area contributed by atoms with Gasteiger partial charge in [0.15, 0.2) is 6.61 Å². The molecule has 1 aliphatic heterocycles. The molecule has 5 nitrogen and oxygen atoms in total. The standard InChI is InChI=1S/C18H14F3IN2O3/c19-18(20,21)15-9-16(25)23-12-6-2-3-7-13(12)24(15)17(26)10-27-14-8-4-1-5-11(14)22/h1-8,15H,9-10H2,(H,23,25). The molecule has 0 fully saturated rings. The van der Waals surface area contributed by atoms with E-state index >= 15 is 0 Å². The Morgan fingerprint density at radius 1 is 1.19 bits per heavy atom. The van der Waals surface area contributed by atoms with Crippen LogP contribution >= 0.6 is 22.6 Å². The highest BCUT2D eigenvalue weighted by Gasteiger charge is 2.49. The molecule has 0 bridgehead atoms. The maximum absolute atomic E-state index is 13.6. The van der Waals surface area contributed by atoms with Crippen molar-refractivity contribution in [3.63, 3.8) is 0 Å². The molecule has 0 saturated heterocycles. The van der Waals surface area contributed by atoms with Gasteiger partial charge in [0.1, 0.15) is 11.8 Å². The van der Waals surface area contributed by atoms with Crippen LogP contribution in [0.1, 0.15) is 6.42 Å². The first-order chi connectivity index (χ1) is 12.8. The Kier molecular flexibility index (Phi) is 5.59. The van der Waals surface area contributed by atoms with Crippen molar-refractivity contribution in [2.75, 3.05) is 16.8 Å². The van der Waals surface area contributed by atoms with Gasteiger partial charge in [0.05, 0.1) is 21.4 Å². The number of benzene rings is 2. The number of carbonyl (C=O) groups excluding carboxylic acids is 2. The minimum absolute atomic E-state index is 0.0120. The number of fused-ring (bicyclic) bond motifs is 1. The van der Waals surface area contributed by atoms with Crippen LogP contribution in [0.5, 0.6) is 5.75 Å². The van der Waals surface area contributed by atoms with Crippen molar-refractivity contribution >= 4 is 45.8 Å². The van der Waals surface area contributed by atoms with Gasteiger partial charge < -0.3 is 10.1 Å². The lowest BCUT2D eigenvalue weighted by molar-refractivity contribution is -0.158. The minimum Gasteiger partial charge on any atom is -0.483 e. The topological polar surface area (TPSA) is 58.6 Å². The first-order valence-corrected chi connectivity index (χ1v) is 9.00. The number of nitrogens with zero attached hydrogens (tertiary/aromatic N) is 1. The summed E-state index contributed by atoms with van der Waals surface area (Å²) in [5.41, 5.74) is 0.138. The van der Waals surface area contributed by atoms with Crippen LogP contribution in [0.25, 0.3) is 0 Å². The smallest absolute Gasteiger partial charge is 0.409 e. The van der Waals surface area contributed by atoms with Gasteiger partial charge in [-0.15, -0.1) is 0 Å². The molecule has 1 unspecified atom stereocenters. The number of rotatable bonds is 3. The van der Waals surface area contributed by atoms with E-state index in [0.29, 0.717) is 10.6 Å². The first kappa shape index (κ1) is 19.5. The Hall–Kier alpha value is -2.30. The molecule has 3 rings (SSSR count). The molecule has 0 aliphatic carbocycles. The number of hydrogen-bond donors (Lipinski definition) is 1. The van der Waals surface area contributed by atoms with Gasteiger partial charge in [-0.25, -0.2) is 0 Å². The lowest BCUT2D eigenvalue weighted by Crippen LogP contribution is -2.51. The average Bonchev–Trinajstić information content (AvgIpc) is 2.76. The fraction of sp³-hybridized carbons (Fsp3) is 0.222. The summed E-state index contributed by atoms with van der Waals surface area (Å²) in [4.78, 5) is 25.2. The highest BCUT2D eigenvalue weighted by atomic mass is 127. The molecule has 2 aromatic carbocycles. The maximum Gasteiger partial charge on any atom is 0.409 e. The Balaban J connectivity index is 1.94. The number of halogens is 4. The van der Waals surface area contributed by atoms with Crippen molar-refractivity contribution in [2.45, 2.75) is 18.6 Å². The highest BCUT2D eigenvalue weighted by Crippen LogP contribution is 2.37. The summed E-state index contributed by atoms with van der Waals surface area (Å²) < 4.78 is 47.0. The lowest BCUT2D eigenvalue weighted by Gasteiger charge is -2.31. The highest BCUT2D eigenvalue weighted by molar-refractivity contribution is 14.1. The molecule has 1 aliphatic rings. The molecule has 1 atom stereocenters. The summed E-state index contributed by atoms with van der Waals surface area (Å²) in [5, 5.41) is 2.42. The number of carbonyl (C=O) groups is 2. The maximum atomic E-state index is 13.6. The number of nitrogens with one attached hydrogen (secondary N) is 1. The van der Waals surface area contributed by atoms with Crippen molar-refractivity contribution in [2.24, 2.45) is 0 Å². The average molecular weight is 490 g/mol. The molecule has 0 spiro atoms. The SMILES string of the molecule is O=C1CC(C(F)(F)F)N(C(=O)COc2ccccc2I)c2ccccc2N1. The zero-order valence-electron chi connectivity index (χ0n) is 13.8. The Morgan fingerprint density at radius 2 is 1.85 bits per heavy atom. The van der Waals surface area contributed by atoms with Crippen molar-refractivity contribution < 1.29 is 27.5 Å². The number of ether oxygens (including phenoxy) is 1. The molecule has 27 heavy (non-hydrogen) atoms. The number of hydrogen-bond acceptors (Lipinski definition) is 3. The molecule has 0 radical (unpaired) electrons. The van der Waals surface area contributed by atoms with Gasteiger partial charge in [0.2, 0.25) is 5.91 Å². The van der Waals surface area contributed by atoms with Crippen LogP contribution in [0.4, 0.5) is 24.5 Å². The van der Waals surface area contributed by atoms with Gasteiger partial charge in [-0.1, -0.05) is 24.3 Å². The van der Waals surface area contributed by atoms with Crippen LogP contribution in [0, 0.1) is 3.57 Å². The summed E-state index contributed by atoms with van der Waals surface area (Å²) in [6.07, 6.45) is -5.65. The summed E-state index contributed by atoms with van der Waals surface area (Å²) in [7, 11) is 0. The Morgan fingerprint density at radius 3 is 2.56 bits per heavy atom. The van der Waals surface area contributed by atoms with Crippen molar-refractivity contribution in [3.8, 4) is 5.75 Å². The molecular formula is C18H14F3IN2O3. The van der Waals surface area contributed by atoms with Crippen molar-refractivity contribution in [3.05, 3.63) is 52.1 Å². The summed E-state index contributed by atoms with van der Waals surface area (Å²) >= 11 is 2.00. The number of para-hydroxylation sites is 3. The van der Waals surface area contributed by atoms with E-state index < -0.39 is 37.1 Å². The van der Waals surface area contributed by atoms with E-state index in [-0.39, 0.29) is 11.4 Å². The third-order valence-corrected chi connectivity index (χ3v) is 4.85. The zero-order chi connectivity index (χ0) is 19.6. The van der Waals surface area contributed by atoms with E-state index in [4.69, 9.17) is 4.74 Å². The van der Waals surface area contributed by atoms with Gasteiger partial charge >= 0.3 is 6.18 Å². The van der Waals surface area contributed by atoms with E-state index in [2.05, 4.69) is 5.32 Å². The number of amides is 2. The molecule has 1 N–H and O–H groups in total. The molecule has 2 amide bonds. The molecule has 0 aromatic heterocycles. The lowest BCUT2D eigenvalue weighted by atomic mass is 10.1. The summed E-state index contributed by atoms with van der Waals surface area (Å²) in [6.45, 7) is -0.588. The Bertz CT molecular complexity index is 873. The fourth-order valence-corrected chi connectivity index (χ4v) is 3.31. The molecule has 0 saturated carbocycles. The van der Waals surface area contributed by atoms with Crippen LogP contribution in [0.15, 0.2) is 48.5 Å². The Labute approximate surface area is 166 Å². The van der Waals surface area contributed by atoms with Crippen molar-refractivity contribution in [1.29, 1.82) is 0 Å². The predicted octanol–water partition coefficient (Wildman–Crippen LogP) is 3.98. The molecule has 142 valence electrons. The van der Waals surface area contributed by atoms with Gasteiger partial charge in [-0.2, -0.15) is 13.2 Å². The van der Waals surface area contributed by atoms with E-state index in [1.165, 1.54) is 18.2 Å². The minimum atomic E-state index is -4.77. The monoisotopic (exact) mass is 490 g/mol. The van der Waals surface area contributed by atoms with E-state index in [9.17, 15) is 22.8 Å². The summed E-state index contributed by atoms with van der Waals surface area (Å²) in [5.74, 6) is -1.30. The van der Waals surface area contributed by atoms with Gasteiger partial charge in [0, 0.05) is 0 Å². The third kappa shape index (κ3) is 4.34. The normalized spacial score (nSPS) is 17.0. The van der Waals surface area contributed by atoms with E-state index in [1.54, 1.807) is 30.3 Å². The largest absolute Gasteiger partial charge is 0.483 e. The van der Waals surface area contributed by atoms with Crippen LogP contribution in [-0.4, -0.2) is 30.6 Å². The van der Waals surface area contributed by atoms with Crippen LogP contribution in [0.3, 0.4) is 0 Å². The second-order valence-electron chi connectivity index (χ2n) is 5.81. The zero-order valence-corrected chi connectivity index (χ0v) is 16.0. The van der Waals surface area contributed by atoms with Crippen LogP contribution in [-0.2, 0) is 9.59 Å². The molecule has 9 heteroatoms. The van der Waals surface area contributed by atoms with E-state index in [0.717, 1.165) is 3.57 Å². The predicted molar refractivity (Wildman–Crippen MR) is 102 cm³/mol. The van der Waals surface area contributed by atoms with Crippen LogP contribution < -0.4 is 15.0 Å². The first-order valence-electron chi connectivity index (χ1n) is 7.92. The fourth-order valence-electron chi connectivity index (χ4n) is 2.77. The molecular weight excluding hydrogens is 476 g/mol. The third-order valence-electron chi connectivity index (χ3n) is 3.96. The van der Waals surface area contributed by atoms with E-state index in [1.807, 2.05) is 22.6 Å². The quantitative estimate of drug-likeness (QED) is 0.663. The summed E-state index contributed by atoms with van der Waals surface area (Å²) in [6, 6.07) is 10.5. The number of alkyl halides is 3. The second kappa shape index (κ2) is 7.75. The van der Waals surface area contributed by atoms with Gasteiger partial charge in [-0.05, 0) is 46.9 Å². The number of anilines is 2. The van der Waals surface area contributed by atoms with Crippen LogP contribution in [0.2, 0.25) is 0 Å². The molecule has 2 aromatic rings.